The third-order valence-corrected chi connectivity index (χ3v) is 14.7. The molecule has 0 radical (unpaired) electrons. The van der Waals surface area contributed by atoms with Crippen LogP contribution < -0.4 is 9.64 Å². The van der Waals surface area contributed by atoms with Crippen LogP contribution in [0, 0.1) is 39.6 Å². The lowest BCUT2D eigenvalue weighted by Gasteiger charge is -2.49. The normalized spacial score (nSPS) is 26.1. The highest BCUT2D eigenvalue weighted by Crippen LogP contribution is 2.64. The quantitative estimate of drug-likeness (QED) is 0.104. The van der Waals surface area contributed by atoms with Gasteiger partial charge in [0.1, 0.15) is 11.5 Å². The van der Waals surface area contributed by atoms with E-state index in [1.54, 1.807) is 35.2 Å². The minimum Gasteiger partial charge on any atom is -0.504 e. The molecule has 10 nitrogen and oxygen atoms in total. The molecule has 2 aromatic heterocycles. The van der Waals surface area contributed by atoms with Gasteiger partial charge >= 0.3 is 0 Å². The zero-order valence-electron chi connectivity index (χ0n) is 30.4. The lowest BCUT2D eigenvalue weighted by molar-refractivity contribution is -0.141. The first-order valence-electron chi connectivity index (χ1n) is 18.1. The Balaban J connectivity index is 1.15. The SMILES string of the molecule is COc1cc([C@H]2C3=CC[C@@H]4C(=O)N(Cc5ccccc5)C(=O)[C@@H]4[C@@H]3C[C@H]3C(=O)N(c4cc(-c5sc6ccc(Cl)cc6c5C)nn4C)C(=O)[C@@]23C)cc(I)c1O. The molecular weight excluding hydrogens is 851 g/mol. The second kappa shape index (κ2) is 13.0. The average molecular weight is 887 g/mol. The molecular formula is C42H36ClIN4O6S. The molecule has 280 valence electrons. The van der Waals surface area contributed by atoms with Crippen molar-refractivity contribution in [1.29, 1.82) is 0 Å². The van der Waals surface area contributed by atoms with Crippen LogP contribution in [0.2, 0.25) is 5.02 Å². The number of carbonyl (C=O) groups is 4. The first-order valence-corrected chi connectivity index (χ1v) is 20.4. The van der Waals surface area contributed by atoms with Crippen molar-refractivity contribution >= 4 is 85.1 Å². The van der Waals surface area contributed by atoms with Gasteiger partial charge in [0.05, 0.1) is 45.3 Å². The minimum absolute atomic E-state index is 0.0246. The number of carbonyl (C=O) groups excluding carboxylic acids is 4. The van der Waals surface area contributed by atoms with Crippen molar-refractivity contribution in [3.05, 3.63) is 104 Å². The lowest BCUT2D eigenvalue weighted by atomic mass is 9.51. The predicted molar refractivity (Wildman–Crippen MR) is 218 cm³/mol. The zero-order valence-corrected chi connectivity index (χ0v) is 34.1. The number of imide groups is 2. The molecule has 1 saturated carbocycles. The molecule has 2 aliphatic carbocycles. The summed E-state index contributed by atoms with van der Waals surface area (Å²) in [5.74, 6) is -3.82. The first-order chi connectivity index (χ1) is 26.3. The number of hydrogen-bond acceptors (Lipinski definition) is 8. The number of likely N-dealkylation sites (tertiary alicyclic amines) is 1. The van der Waals surface area contributed by atoms with E-state index in [9.17, 15) is 19.5 Å². The largest absolute Gasteiger partial charge is 0.504 e. The molecule has 0 spiro atoms. The van der Waals surface area contributed by atoms with Crippen LogP contribution in [-0.2, 0) is 32.8 Å². The Morgan fingerprint density at radius 1 is 1.02 bits per heavy atom. The van der Waals surface area contributed by atoms with E-state index in [-0.39, 0.29) is 48.1 Å². The molecule has 13 heteroatoms. The number of allylic oxidation sites excluding steroid dienone is 2. The molecule has 0 bridgehead atoms. The molecule has 6 atom stereocenters. The van der Waals surface area contributed by atoms with Crippen molar-refractivity contribution in [2.24, 2.45) is 36.1 Å². The fourth-order valence-corrected chi connectivity index (χ4v) is 11.7. The van der Waals surface area contributed by atoms with E-state index < -0.39 is 35.0 Å². The third-order valence-electron chi connectivity index (χ3n) is 12.4. The molecule has 4 amide bonds. The summed E-state index contributed by atoms with van der Waals surface area (Å²) in [7, 11) is 3.20. The lowest BCUT2D eigenvalue weighted by Crippen LogP contribution is -2.49. The Morgan fingerprint density at radius 2 is 1.78 bits per heavy atom. The van der Waals surface area contributed by atoms with Crippen LogP contribution in [-0.4, -0.2) is 50.5 Å². The number of phenolic OH excluding ortho intramolecular Hbond substituents is 1. The van der Waals surface area contributed by atoms with Crippen LogP contribution in [0.4, 0.5) is 5.82 Å². The van der Waals surface area contributed by atoms with Crippen LogP contribution in [0.25, 0.3) is 20.7 Å². The van der Waals surface area contributed by atoms with Crippen molar-refractivity contribution in [2.75, 3.05) is 12.0 Å². The van der Waals surface area contributed by atoms with Gasteiger partial charge in [-0.2, -0.15) is 5.10 Å². The number of anilines is 1. The van der Waals surface area contributed by atoms with Crippen molar-refractivity contribution < 1.29 is 29.0 Å². The Kier molecular flexibility index (Phi) is 8.55. The Bertz CT molecular complexity index is 2530. The highest BCUT2D eigenvalue weighted by atomic mass is 127. The maximum atomic E-state index is 15.2. The summed E-state index contributed by atoms with van der Waals surface area (Å²) in [4.78, 5) is 62.0. The zero-order chi connectivity index (χ0) is 38.7. The number of halogens is 2. The summed E-state index contributed by atoms with van der Waals surface area (Å²) in [6.07, 6.45) is 2.60. The maximum Gasteiger partial charge on any atom is 0.242 e. The fourth-order valence-electron chi connectivity index (χ4n) is 9.73. The second-order valence-electron chi connectivity index (χ2n) is 15.2. The Labute approximate surface area is 339 Å². The topological polar surface area (TPSA) is 122 Å². The molecule has 3 aromatic carbocycles. The number of fused-ring (bicyclic) bond motifs is 5. The van der Waals surface area contributed by atoms with Crippen LogP contribution >= 0.6 is 45.5 Å². The molecule has 4 heterocycles. The molecule has 55 heavy (non-hydrogen) atoms. The highest BCUT2D eigenvalue weighted by molar-refractivity contribution is 14.1. The van der Waals surface area contributed by atoms with Crippen LogP contribution in [0.5, 0.6) is 11.5 Å². The van der Waals surface area contributed by atoms with E-state index in [0.717, 1.165) is 31.7 Å². The van der Waals surface area contributed by atoms with Gasteiger partial charge in [0.15, 0.2) is 11.5 Å². The number of amides is 4. The summed E-state index contributed by atoms with van der Waals surface area (Å²) in [6, 6.07) is 20.5. The van der Waals surface area contributed by atoms with Gasteiger partial charge in [-0.25, -0.2) is 4.90 Å². The van der Waals surface area contributed by atoms with E-state index >= 15 is 4.79 Å². The number of nitrogens with zero attached hydrogens (tertiary/aromatic N) is 4. The number of aryl methyl sites for hydroxylation is 2. The predicted octanol–water partition coefficient (Wildman–Crippen LogP) is 8.01. The number of ether oxygens (including phenoxy) is 1. The van der Waals surface area contributed by atoms with Gasteiger partial charge < -0.3 is 9.84 Å². The number of rotatable bonds is 6. The van der Waals surface area contributed by atoms with Gasteiger partial charge in [0, 0.05) is 28.8 Å². The number of methoxy groups -OCH3 is 1. The van der Waals surface area contributed by atoms with Gasteiger partial charge in [-0.05, 0) is 108 Å². The summed E-state index contributed by atoms with van der Waals surface area (Å²) in [5, 5.41) is 17.3. The van der Waals surface area contributed by atoms with E-state index in [1.807, 2.05) is 97.1 Å². The number of aromatic hydroxyl groups is 1. The Morgan fingerprint density at radius 3 is 2.53 bits per heavy atom. The number of hydrogen-bond donors (Lipinski definition) is 1. The van der Waals surface area contributed by atoms with Crippen LogP contribution in [0.15, 0.2) is 78.4 Å². The summed E-state index contributed by atoms with van der Waals surface area (Å²) in [5.41, 5.74) is 2.77. The van der Waals surface area contributed by atoms with Crippen LogP contribution in [0.1, 0.15) is 42.4 Å². The number of benzene rings is 3. The smallest absolute Gasteiger partial charge is 0.242 e. The van der Waals surface area contributed by atoms with E-state index in [1.165, 1.54) is 16.9 Å². The van der Waals surface area contributed by atoms with Crippen molar-refractivity contribution in [3.63, 3.8) is 0 Å². The average Bonchev–Trinajstić information content (AvgIpc) is 3.84. The number of thiophene rings is 1. The van der Waals surface area contributed by atoms with Gasteiger partial charge in [-0.3, -0.25) is 28.8 Å². The first kappa shape index (κ1) is 36.1. The van der Waals surface area contributed by atoms with E-state index in [2.05, 4.69) is 0 Å². The van der Waals surface area contributed by atoms with E-state index in [0.29, 0.717) is 32.1 Å². The van der Waals surface area contributed by atoms with E-state index in [4.69, 9.17) is 21.4 Å². The highest BCUT2D eigenvalue weighted by Gasteiger charge is 2.68. The molecule has 3 fully saturated rings. The van der Waals surface area contributed by atoms with Gasteiger partial charge in [0.2, 0.25) is 23.6 Å². The fraction of sp³-hybridized carbons (Fsp3) is 0.310. The second-order valence-corrected chi connectivity index (χ2v) is 17.8. The molecule has 9 rings (SSSR count). The molecule has 0 unspecified atom stereocenters. The third kappa shape index (κ3) is 5.27. The monoisotopic (exact) mass is 886 g/mol. The summed E-state index contributed by atoms with van der Waals surface area (Å²) >= 11 is 9.94. The Hall–Kier alpha value is -4.53. The van der Waals surface area contributed by atoms with Crippen LogP contribution in [0.3, 0.4) is 0 Å². The van der Waals surface area contributed by atoms with Gasteiger partial charge in [-0.1, -0.05) is 53.6 Å². The molecule has 5 aromatic rings. The molecule has 2 saturated heterocycles. The summed E-state index contributed by atoms with van der Waals surface area (Å²) < 4.78 is 8.74. The van der Waals surface area contributed by atoms with Gasteiger partial charge in [-0.15, -0.1) is 11.3 Å². The van der Waals surface area contributed by atoms with Crippen molar-refractivity contribution in [2.45, 2.75) is 39.2 Å². The molecule has 2 aliphatic heterocycles. The number of phenols is 1. The number of aromatic nitrogens is 2. The van der Waals surface area contributed by atoms with Crippen molar-refractivity contribution in [3.8, 4) is 22.1 Å². The maximum absolute atomic E-state index is 15.2. The summed E-state index contributed by atoms with van der Waals surface area (Å²) in [6.45, 7) is 4.03. The standard InChI is InChI=1S/C42H36ClIN4O6S/c1-20-26-16-23(43)10-13-32(26)55-37(20)30-18-33(46(3)45-30)48-39(51)28-17-27-24(35(42(28,2)41(48)53)22-14-29(44)36(49)31(15-22)54-4)11-12-25-34(27)40(52)47(38(25)50)19-21-8-6-5-7-9-21/h5-11,13-16,18,25,27-28,34-35,49H,12,17,19H2,1-4H3/t25-,27+,28-,34-,35-,42+/m0/s1. The van der Waals surface area contributed by atoms with Crippen molar-refractivity contribution in [1.82, 2.24) is 14.7 Å². The van der Waals surface area contributed by atoms with Gasteiger partial charge in [0.25, 0.3) is 0 Å². The molecule has 4 aliphatic rings. The molecule has 1 N–H and O–H groups in total. The minimum atomic E-state index is -1.28.